The minimum Gasteiger partial charge on any atom is -0.346 e. The van der Waals surface area contributed by atoms with Crippen molar-refractivity contribution in [2.45, 2.75) is 25.8 Å². The second kappa shape index (κ2) is 9.45. The Hall–Kier alpha value is -2.64. The molecular weight excluding hydrogens is 412 g/mol. The lowest BCUT2D eigenvalue weighted by Crippen LogP contribution is -2.31. The zero-order valence-corrected chi connectivity index (χ0v) is 18.6. The molecule has 4 aromatic rings. The number of hydrogen-bond acceptors (Lipinski definition) is 5. The van der Waals surface area contributed by atoms with E-state index < -0.39 is 0 Å². The Balaban J connectivity index is 1.45. The molecule has 0 bridgehead atoms. The number of imidazole rings is 1. The summed E-state index contributed by atoms with van der Waals surface area (Å²) in [6.45, 7) is 2.07. The second-order valence-electron chi connectivity index (χ2n) is 7.23. The zero-order valence-electron chi connectivity index (χ0n) is 17.0. The molecule has 1 atom stereocenters. The highest BCUT2D eigenvalue weighted by molar-refractivity contribution is 7.98. The Kier molecular flexibility index (Phi) is 6.50. The van der Waals surface area contributed by atoms with E-state index in [0.29, 0.717) is 0 Å². The predicted molar refractivity (Wildman–Crippen MR) is 126 cm³/mol. The van der Waals surface area contributed by atoms with Crippen LogP contribution in [0.15, 0.2) is 53.9 Å². The van der Waals surface area contributed by atoms with Crippen molar-refractivity contribution in [3.63, 3.8) is 0 Å². The van der Waals surface area contributed by atoms with Gasteiger partial charge < -0.3 is 10.3 Å². The molecule has 7 heteroatoms. The van der Waals surface area contributed by atoms with Gasteiger partial charge in [-0.25, -0.2) is 9.97 Å². The van der Waals surface area contributed by atoms with E-state index in [-0.39, 0.29) is 18.4 Å². The minimum absolute atomic E-state index is 0.0395. The number of carbonyl (C=O) groups excluding carboxylic acids is 1. The summed E-state index contributed by atoms with van der Waals surface area (Å²) in [5, 5.41) is 6.06. The first-order valence-corrected chi connectivity index (χ1v) is 12.1. The van der Waals surface area contributed by atoms with Crippen LogP contribution in [0.25, 0.3) is 21.6 Å². The number of benzene rings is 2. The van der Waals surface area contributed by atoms with Crippen molar-refractivity contribution >= 4 is 40.0 Å². The molecular formula is C23H24N4OS2. The Bertz CT molecular complexity index is 1100. The number of aromatic nitrogens is 3. The summed E-state index contributed by atoms with van der Waals surface area (Å²) < 4.78 is 0. The van der Waals surface area contributed by atoms with Crippen molar-refractivity contribution in [2.24, 2.45) is 0 Å². The first-order valence-electron chi connectivity index (χ1n) is 9.87. The van der Waals surface area contributed by atoms with Crippen LogP contribution >= 0.6 is 23.1 Å². The SMILES string of the molecule is CSCC[C@H](NC(=O)Cc1csc(-c2ccc(C)cc2)n1)c1nc2ccccc2[nH]1. The van der Waals surface area contributed by atoms with Gasteiger partial charge in [-0.15, -0.1) is 11.3 Å². The van der Waals surface area contributed by atoms with Gasteiger partial charge in [-0.2, -0.15) is 11.8 Å². The molecule has 2 aromatic carbocycles. The van der Waals surface area contributed by atoms with Gasteiger partial charge in [0.25, 0.3) is 0 Å². The van der Waals surface area contributed by atoms with E-state index in [1.807, 2.05) is 29.6 Å². The summed E-state index contributed by atoms with van der Waals surface area (Å²) in [4.78, 5) is 25.5. The molecule has 4 rings (SSSR count). The zero-order chi connectivity index (χ0) is 20.9. The van der Waals surface area contributed by atoms with Crippen molar-refractivity contribution in [3.8, 4) is 10.6 Å². The fourth-order valence-electron chi connectivity index (χ4n) is 3.28. The number of thiazole rings is 1. The smallest absolute Gasteiger partial charge is 0.226 e. The molecule has 2 aromatic heterocycles. The topological polar surface area (TPSA) is 70.7 Å². The van der Waals surface area contributed by atoms with Gasteiger partial charge in [-0.3, -0.25) is 4.79 Å². The van der Waals surface area contributed by atoms with E-state index in [1.54, 1.807) is 23.1 Å². The average Bonchev–Trinajstić information content (AvgIpc) is 3.38. The fourth-order valence-corrected chi connectivity index (χ4v) is 4.57. The standard InChI is InChI=1S/C23H24N4OS2/c1-15-7-9-16(10-8-15)23-24-17(14-30-23)13-21(28)25-20(11-12-29-2)22-26-18-5-3-4-6-19(18)27-22/h3-10,14,20H,11-13H2,1-2H3,(H,25,28)(H,26,27)/t20-/m0/s1. The summed E-state index contributed by atoms with van der Waals surface area (Å²) in [5.74, 6) is 1.70. The Morgan fingerprint density at radius 1 is 1.17 bits per heavy atom. The molecule has 0 fully saturated rings. The van der Waals surface area contributed by atoms with Crippen molar-refractivity contribution in [1.82, 2.24) is 20.3 Å². The highest BCUT2D eigenvalue weighted by Gasteiger charge is 2.19. The highest BCUT2D eigenvalue weighted by Crippen LogP contribution is 2.25. The van der Waals surface area contributed by atoms with Crippen LogP contribution in [0.1, 0.15) is 29.5 Å². The summed E-state index contributed by atoms with van der Waals surface area (Å²) in [7, 11) is 0. The molecule has 1 amide bonds. The van der Waals surface area contributed by atoms with Crippen LogP contribution in [0.4, 0.5) is 0 Å². The highest BCUT2D eigenvalue weighted by atomic mass is 32.2. The third-order valence-corrected chi connectivity index (χ3v) is 6.46. The number of nitrogens with one attached hydrogen (secondary N) is 2. The summed E-state index contributed by atoms with van der Waals surface area (Å²) in [5.41, 5.74) is 4.99. The molecule has 154 valence electrons. The number of fused-ring (bicyclic) bond motifs is 1. The Morgan fingerprint density at radius 3 is 2.73 bits per heavy atom. The lowest BCUT2D eigenvalue weighted by Gasteiger charge is -2.16. The maximum absolute atomic E-state index is 12.8. The summed E-state index contributed by atoms with van der Waals surface area (Å²) >= 11 is 3.33. The molecule has 0 aliphatic carbocycles. The van der Waals surface area contributed by atoms with E-state index >= 15 is 0 Å². The number of hydrogen-bond donors (Lipinski definition) is 2. The number of rotatable bonds is 8. The van der Waals surface area contributed by atoms with E-state index in [0.717, 1.165) is 45.3 Å². The third kappa shape index (κ3) is 4.91. The van der Waals surface area contributed by atoms with E-state index in [2.05, 4.69) is 57.7 Å². The average molecular weight is 437 g/mol. The van der Waals surface area contributed by atoms with Crippen molar-refractivity contribution in [3.05, 3.63) is 71.0 Å². The second-order valence-corrected chi connectivity index (χ2v) is 9.07. The van der Waals surface area contributed by atoms with E-state index in [4.69, 9.17) is 0 Å². The van der Waals surface area contributed by atoms with Crippen LogP contribution in [0.2, 0.25) is 0 Å². The largest absolute Gasteiger partial charge is 0.346 e. The number of thioether (sulfide) groups is 1. The third-order valence-electron chi connectivity index (χ3n) is 4.88. The number of carbonyl (C=O) groups is 1. The molecule has 0 unspecified atom stereocenters. The molecule has 0 aliphatic heterocycles. The van der Waals surface area contributed by atoms with Crippen molar-refractivity contribution < 1.29 is 4.79 Å². The number of aromatic amines is 1. The first kappa shape index (κ1) is 20.6. The van der Waals surface area contributed by atoms with Crippen molar-refractivity contribution in [1.29, 1.82) is 0 Å². The van der Waals surface area contributed by atoms with Gasteiger partial charge in [-0.1, -0.05) is 42.0 Å². The molecule has 0 radical (unpaired) electrons. The molecule has 2 N–H and O–H groups in total. The first-order chi connectivity index (χ1) is 14.6. The molecule has 5 nitrogen and oxygen atoms in total. The molecule has 30 heavy (non-hydrogen) atoms. The number of H-pyrrole nitrogens is 1. The number of para-hydroxylation sites is 2. The van der Waals surface area contributed by atoms with Crippen LogP contribution in [-0.4, -0.2) is 32.9 Å². The predicted octanol–water partition coefficient (Wildman–Crippen LogP) is 5.15. The van der Waals surface area contributed by atoms with Gasteiger partial charge in [0.2, 0.25) is 5.91 Å². The van der Waals surface area contributed by atoms with Crippen molar-refractivity contribution in [2.75, 3.05) is 12.0 Å². The fraction of sp³-hybridized carbons (Fsp3) is 0.261. The van der Waals surface area contributed by atoms with Gasteiger partial charge >= 0.3 is 0 Å². The van der Waals surface area contributed by atoms with Gasteiger partial charge in [0.15, 0.2) is 0 Å². The molecule has 0 saturated carbocycles. The van der Waals surface area contributed by atoms with Gasteiger partial charge in [-0.05, 0) is 37.5 Å². The summed E-state index contributed by atoms with van der Waals surface area (Å²) in [6.07, 6.45) is 3.15. The quantitative estimate of drug-likeness (QED) is 0.401. The number of amides is 1. The molecule has 2 heterocycles. The van der Waals surface area contributed by atoms with Crippen LogP contribution in [-0.2, 0) is 11.2 Å². The minimum atomic E-state index is -0.146. The van der Waals surface area contributed by atoms with Crippen LogP contribution < -0.4 is 5.32 Å². The van der Waals surface area contributed by atoms with Gasteiger partial charge in [0.05, 0.1) is 29.2 Å². The molecule has 0 aliphatic rings. The Morgan fingerprint density at radius 2 is 1.97 bits per heavy atom. The van der Waals surface area contributed by atoms with Crippen LogP contribution in [0.3, 0.4) is 0 Å². The number of aryl methyl sites for hydroxylation is 1. The van der Waals surface area contributed by atoms with E-state index in [9.17, 15) is 4.79 Å². The molecule has 0 saturated heterocycles. The maximum atomic E-state index is 12.8. The molecule has 0 spiro atoms. The Labute approximate surface area is 184 Å². The normalized spacial score (nSPS) is 12.2. The number of nitrogens with zero attached hydrogens (tertiary/aromatic N) is 2. The van der Waals surface area contributed by atoms with E-state index in [1.165, 1.54) is 5.56 Å². The van der Waals surface area contributed by atoms with Gasteiger partial charge in [0, 0.05) is 10.9 Å². The van der Waals surface area contributed by atoms with Crippen LogP contribution in [0.5, 0.6) is 0 Å². The van der Waals surface area contributed by atoms with Gasteiger partial charge in [0.1, 0.15) is 10.8 Å². The lowest BCUT2D eigenvalue weighted by molar-refractivity contribution is -0.121. The summed E-state index contributed by atoms with van der Waals surface area (Å²) in [6, 6.07) is 16.1. The monoisotopic (exact) mass is 436 g/mol. The maximum Gasteiger partial charge on any atom is 0.226 e. The lowest BCUT2D eigenvalue weighted by atomic mass is 10.1. The van der Waals surface area contributed by atoms with Crippen LogP contribution in [0, 0.1) is 6.92 Å².